The number of nitrogens with zero attached hydrogens (tertiary/aromatic N) is 5. The van der Waals surface area contributed by atoms with Gasteiger partial charge in [-0.2, -0.15) is 9.97 Å². The summed E-state index contributed by atoms with van der Waals surface area (Å²) in [5.41, 5.74) is 6.10. The molecule has 0 aliphatic carbocycles. The van der Waals surface area contributed by atoms with Gasteiger partial charge in [-0.05, 0) is 13.0 Å². The molecule has 1 saturated heterocycles. The second kappa shape index (κ2) is 8.21. The van der Waals surface area contributed by atoms with E-state index in [1.54, 1.807) is 6.92 Å². The number of aliphatic hydroxyl groups is 3. The van der Waals surface area contributed by atoms with Gasteiger partial charge in [-0.1, -0.05) is 0 Å². The SMILES string of the molecule is CC(Oc1nc(N)nc2c1ncn2[C@@H]1O[C@H](CO)[C@@H](O)[C@H]1O)c1cc2c(cc1[N+](=O)[O-])OCO2. The zero-order chi connectivity index (χ0) is 24.1. The maximum Gasteiger partial charge on any atom is 0.280 e. The van der Waals surface area contributed by atoms with Crippen LogP contribution in [0.4, 0.5) is 11.6 Å². The second-order valence-electron chi connectivity index (χ2n) is 7.72. The smallest absolute Gasteiger partial charge is 0.280 e. The second-order valence-corrected chi connectivity index (χ2v) is 7.72. The summed E-state index contributed by atoms with van der Waals surface area (Å²) in [5.74, 6) is 0.349. The molecule has 2 aromatic heterocycles. The summed E-state index contributed by atoms with van der Waals surface area (Å²) in [5, 5.41) is 41.4. The van der Waals surface area contributed by atoms with Crippen molar-refractivity contribution in [2.75, 3.05) is 19.1 Å². The summed E-state index contributed by atoms with van der Waals surface area (Å²) in [4.78, 5) is 23.5. The Bertz CT molecular complexity index is 1270. The van der Waals surface area contributed by atoms with E-state index < -0.39 is 42.2 Å². The number of benzene rings is 1. The minimum Gasteiger partial charge on any atom is -0.468 e. The average molecular weight is 476 g/mol. The van der Waals surface area contributed by atoms with Gasteiger partial charge in [0.2, 0.25) is 18.6 Å². The van der Waals surface area contributed by atoms with Crippen molar-refractivity contribution in [3.63, 3.8) is 0 Å². The van der Waals surface area contributed by atoms with Crippen LogP contribution >= 0.6 is 0 Å². The molecule has 15 heteroatoms. The van der Waals surface area contributed by atoms with Crippen LogP contribution in [0.2, 0.25) is 0 Å². The van der Waals surface area contributed by atoms with Crippen LogP contribution in [0.3, 0.4) is 0 Å². The number of nitrogens with two attached hydrogens (primary N) is 1. The largest absolute Gasteiger partial charge is 0.468 e. The highest BCUT2D eigenvalue weighted by atomic mass is 16.7. The van der Waals surface area contributed by atoms with E-state index in [2.05, 4.69) is 15.0 Å². The number of fused-ring (bicyclic) bond motifs is 2. The van der Waals surface area contributed by atoms with Gasteiger partial charge in [0, 0.05) is 0 Å². The summed E-state index contributed by atoms with van der Waals surface area (Å²) >= 11 is 0. The molecule has 0 amide bonds. The maximum absolute atomic E-state index is 11.6. The van der Waals surface area contributed by atoms with E-state index in [0.29, 0.717) is 5.75 Å². The number of nitro groups is 1. The molecule has 3 aromatic rings. The number of nitrogen functional groups attached to an aromatic ring is 1. The van der Waals surface area contributed by atoms with Crippen LogP contribution in [-0.2, 0) is 4.74 Å². The third-order valence-electron chi connectivity index (χ3n) is 5.64. The van der Waals surface area contributed by atoms with E-state index in [-0.39, 0.29) is 46.8 Å². The highest BCUT2D eigenvalue weighted by molar-refractivity contribution is 5.77. The third kappa shape index (κ3) is 3.50. The van der Waals surface area contributed by atoms with Gasteiger partial charge in [0.1, 0.15) is 24.4 Å². The molecule has 5 rings (SSSR count). The molecule has 0 saturated carbocycles. The predicted octanol–water partition coefficient (Wildman–Crippen LogP) is -0.203. The molecule has 1 aromatic carbocycles. The Hall–Kier alpha value is -3.79. The number of ether oxygens (including phenoxy) is 4. The van der Waals surface area contributed by atoms with Crippen LogP contribution in [0.15, 0.2) is 18.5 Å². The normalized spacial score (nSPS) is 24.5. The molecule has 34 heavy (non-hydrogen) atoms. The zero-order valence-corrected chi connectivity index (χ0v) is 17.6. The Labute approximate surface area is 190 Å². The van der Waals surface area contributed by atoms with Gasteiger partial charge in [0.15, 0.2) is 28.9 Å². The van der Waals surface area contributed by atoms with Crippen molar-refractivity contribution in [1.82, 2.24) is 19.5 Å². The molecule has 4 heterocycles. The van der Waals surface area contributed by atoms with Crippen molar-refractivity contribution in [2.24, 2.45) is 0 Å². The summed E-state index contributed by atoms with van der Waals surface area (Å²) in [6.45, 7) is 1.03. The first-order valence-corrected chi connectivity index (χ1v) is 10.2. The van der Waals surface area contributed by atoms with Crippen LogP contribution in [0.1, 0.15) is 24.8 Å². The zero-order valence-electron chi connectivity index (χ0n) is 17.6. The number of hydrogen-bond donors (Lipinski definition) is 4. The van der Waals surface area contributed by atoms with E-state index in [9.17, 15) is 25.4 Å². The Morgan fingerprint density at radius 2 is 2.03 bits per heavy atom. The summed E-state index contributed by atoms with van der Waals surface area (Å²) in [7, 11) is 0. The van der Waals surface area contributed by atoms with Gasteiger partial charge >= 0.3 is 0 Å². The molecule has 15 nitrogen and oxygen atoms in total. The van der Waals surface area contributed by atoms with E-state index in [0.717, 1.165) is 0 Å². The van der Waals surface area contributed by atoms with Gasteiger partial charge < -0.3 is 40.0 Å². The predicted molar refractivity (Wildman–Crippen MR) is 111 cm³/mol. The number of anilines is 1. The molecule has 0 spiro atoms. The van der Waals surface area contributed by atoms with Crippen molar-refractivity contribution in [3.8, 4) is 17.4 Å². The van der Waals surface area contributed by atoms with Crippen LogP contribution in [0, 0.1) is 10.1 Å². The number of aromatic nitrogens is 4. The van der Waals surface area contributed by atoms with E-state index >= 15 is 0 Å². The summed E-state index contributed by atoms with van der Waals surface area (Å²) < 4.78 is 23.3. The van der Waals surface area contributed by atoms with Crippen molar-refractivity contribution < 1.29 is 39.2 Å². The molecule has 1 unspecified atom stereocenters. The molecule has 2 aliphatic rings. The van der Waals surface area contributed by atoms with Gasteiger partial charge in [0.25, 0.3) is 5.69 Å². The van der Waals surface area contributed by atoms with Crippen molar-refractivity contribution in [3.05, 3.63) is 34.1 Å². The highest BCUT2D eigenvalue weighted by Crippen LogP contribution is 2.41. The average Bonchev–Trinajstić information content (AvgIpc) is 3.50. The molecule has 5 N–H and O–H groups in total. The van der Waals surface area contributed by atoms with Crippen molar-refractivity contribution in [1.29, 1.82) is 0 Å². The Morgan fingerprint density at radius 1 is 1.29 bits per heavy atom. The van der Waals surface area contributed by atoms with Crippen LogP contribution in [0.25, 0.3) is 11.2 Å². The topological polar surface area (TPSA) is 210 Å². The Balaban J connectivity index is 1.51. The lowest BCUT2D eigenvalue weighted by molar-refractivity contribution is -0.386. The maximum atomic E-state index is 11.6. The van der Waals surface area contributed by atoms with Crippen molar-refractivity contribution in [2.45, 2.75) is 37.6 Å². The molecular formula is C19H20N6O9. The van der Waals surface area contributed by atoms with Crippen LogP contribution in [0.5, 0.6) is 17.4 Å². The molecule has 0 radical (unpaired) electrons. The lowest BCUT2D eigenvalue weighted by atomic mass is 10.1. The quantitative estimate of drug-likeness (QED) is 0.268. The Kier molecular flexibility index (Phi) is 5.32. The van der Waals surface area contributed by atoms with E-state index in [4.69, 9.17) is 24.7 Å². The summed E-state index contributed by atoms with van der Waals surface area (Å²) in [6.07, 6.45) is -4.39. The molecule has 2 aliphatic heterocycles. The number of aliphatic hydroxyl groups excluding tert-OH is 3. The number of hydrogen-bond acceptors (Lipinski definition) is 13. The van der Waals surface area contributed by atoms with Crippen molar-refractivity contribution >= 4 is 22.8 Å². The molecule has 180 valence electrons. The highest BCUT2D eigenvalue weighted by Gasteiger charge is 2.44. The first-order chi connectivity index (χ1) is 16.3. The molecule has 5 atom stereocenters. The summed E-state index contributed by atoms with van der Waals surface area (Å²) in [6, 6.07) is 2.72. The fraction of sp³-hybridized carbons (Fsp3) is 0.421. The molecule has 0 bridgehead atoms. The first kappa shape index (κ1) is 22.0. The fourth-order valence-corrected chi connectivity index (χ4v) is 3.95. The lowest BCUT2D eigenvalue weighted by Gasteiger charge is -2.17. The van der Waals surface area contributed by atoms with Gasteiger partial charge in [0.05, 0.1) is 29.5 Å². The molecular weight excluding hydrogens is 456 g/mol. The van der Waals surface area contributed by atoms with Gasteiger partial charge in [-0.3, -0.25) is 14.7 Å². The fourth-order valence-electron chi connectivity index (χ4n) is 3.95. The van der Waals surface area contributed by atoms with Crippen LogP contribution in [-0.4, -0.2) is 71.5 Å². The number of nitro benzene ring substituents is 1. The monoisotopic (exact) mass is 476 g/mol. The Morgan fingerprint density at radius 3 is 2.71 bits per heavy atom. The van der Waals surface area contributed by atoms with E-state index in [1.165, 1.54) is 23.0 Å². The molecule has 1 fully saturated rings. The minimum absolute atomic E-state index is 0.0490. The van der Waals surface area contributed by atoms with Crippen LogP contribution < -0.4 is 19.9 Å². The van der Waals surface area contributed by atoms with Gasteiger partial charge in [-0.15, -0.1) is 0 Å². The standard InChI is InChI=1S/C19H20N6O9/c1-7(8-2-10-11(32-6-31-10)3-9(8)25(29)30)33-17-13-16(22-19(20)23-17)24(5-21-13)18-15(28)14(27)12(4-26)34-18/h2-3,5,7,12,14-15,18,26-28H,4,6H2,1H3,(H2,20,22,23)/t7?,12-,14-,15-,18-/m1/s1. The number of rotatable bonds is 6. The number of imidazole rings is 1. The van der Waals surface area contributed by atoms with E-state index in [1.807, 2.05) is 0 Å². The lowest BCUT2D eigenvalue weighted by Crippen LogP contribution is -2.33. The third-order valence-corrected chi connectivity index (χ3v) is 5.64. The first-order valence-electron chi connectivity index (χ1n) is 10.2. The minimum atomic E-state index is -1.37. The van der Waals surface area contributed by atoms with Gasteiger partial charge in [-0.25, -0.2) is 4.98 Å².